The van der Waals surface area contributed by atoms with Crippen molar-refractivity contribution in [2.24, 2.45) is 5.73 Å². The second kappa shape index (κ2) is 6.27. The zero-order chi connectivity index (χ0) is 13.8. The van der Waals surface area contributed by atoms with E-state index in [4.69, 9.17) is 5.73 Å². The van der Waals surface area contributed by atoms with E-state index < -0.39 is 0 Å². The summed E-state index contributed by atoms with van der Waals surface area (Å²) in [6.45, 7) is 0.387. The summed E-state index contributed by atoms with van der Waals surface area (Å²) >= 11 is 6.76. The highest BCUT2D eigenvalue weighted by molar-refractivity contribution is 9.11. The van der Waals surface area contributed by atoms with E-state index in [2.05, 4.69) is 47.5 Å². The molecule has 0 radical (unpaired) electrons. The highest BCUT2D eigenvalue weighted by atomic mass is 79.9. The number of amides is 1. The number of nitrogens with two attached hydrogens (primary N) is 1. The lowest BCUT2D eigenvalue weighted by Gasteiger charge is -2.09. The van der Waals surface area contributed by atoms with Gasteiger partial charge in [-0.25, -0.2) is 4.68 Å². The maximum atomic E-state index is 11.9. The number of anilines is 1. The molecule has 6 nitrogen and oxygen atoms in total. The van der Waals surface area contributed by atoms with Crippen LogP contribution in [0.15, 0.2) is 33.3 Å². The first-order valence-corrected chi connectivity index (χ1v) is 7.01. The molecule has 0 bridgehead atoms. The average molecular weight is 389 g/mol. The van der Waals surface area contributed by atoms with Gasteiger partial charge in [0.1, 0.15) is 6.54 Å². The Balaban J connectivity index is 2.05. The van der Waals surface area contributed by atoms with Crippen LogP contribution in [0.2, 0.25) is 0 Å². The molecule has 2 aromatic rings. The number of nitrogens with one attached hydrogen (secondary N) is 1. The average Bonchev–Trinajstić information content (AvgIpc) is 2.81. The second-order valence-electron chi connectivity index (χ2n) is 3.76. The SMILES string of the molecule is NCc1cn(CC(=O)Nc2c(Br)cccc2Br)nn1. The van der Waals surface area contributed by atoms with Gasteiger partial charge in [0, 0.05) is 15.5 Å². The van der Waals surface area contributed by atoms with E-state index in [0.717, 1.165) is 8.95 Å². The molecule has 100 valence electrons. The van der Waals surface area contributed by atoms with Gasteiger partial charge in [-0.05, 0) is 44.0 Å². The molecule has 0 saturated carbocycles. The van der Waals surface area contributed by atoms with Crippen molar-refractivity contribution >= 4 is 43.5 Å². The molecule has 1 heterocycles. The molecule has 19 heavy (non-hydrogen) atoms. The Morgan fingerprint density at radius 3 is 2.63 bits per heavy atom. The predicted octanol–water partition coefficient (Wildman–Crippen LogP) is 1.90. The lowest BCUT2D eigenvalue weighted by Crippen LogP contribution is -2.19. The number of carbonyl (C=O) groups is 1. The van der Waals surface area contributed by atoms with Crippen LogP contribution in [0.5, 0.6) is 0 Å². The number of halogens is 2. The molecule has 0 aliphatic rings. The topological polar surface area (TPSA) is 85.8 Å². The Labute approximate surface area is 126 Å². The standard InChI is InChI=1S/C11H11Br2N5O/c12-8-2-1-3-9(13)11(8)15-10(19)6-18-5-7(4-14)16-17-18/h1-3,5H,4,6,14H2,(H,15,19). The van der Waals surface area contributed by atoms with E-state index in [1.807, 2.05) is 18.2 Å². The minimum absolute atomic E-state index is 0.0841. The van der Waals surface area contributed by atoms with Crippen LogP contribution >= 0.6 is 31.9 Å². The Morgan fingerprint density at radius 1 is 1.37 bits per heavy atom. The van der Waals surface area contributed by atoms with Crippen LogP contribution in [0.4, 0.5) is 5.69 Å². The monoisotopic (exact) mass is 387 g/mol. The van der Waals surface area contributed by atoms with Gasteiger partial charge >= 0.3 is 0 Å². The van der Waals surface area contributed by atoms with Gasteiger partial charge in [-0.3, -0.25) is 4.79 Å². The summed E-state index contributed by atoms with van der Waals surface area (Å²) in [5.41, 5.74) is 6.76. The largest absolute Gasteiger partial charge is 0.325 e. The van der Waals surface area contributed by atoms with Gasteiger partial charge in [0.15, 0.2) is 0 Å². The minimum atomic E-state index is -0.193. The minimum Gasteiger partial charge on any atom is -0.325 e. The number of para-hydroxylation sites is 1. The van der Waals surface area contributed by atoms with Gasteiger partial charge in [0.25, 0.3) is 0 Å². The number of hydrogen-bond donors (Lipinski definition) is 2. The maximum Gasteiger partial charge on any atom is 0.246 e. The third-order valence-electron chi connectivity index (χ3n) is 2.33. The van der Waals surface area contributed by atoms with Crippen molar-refractivity contribution in [2.45, 2.75) is 13.1 Å². The van der Waals surface area contributed by atoms with Crippen LogP contribution in [-0.4, -0.2) is 20.9 Å². The third-order valence-corrected chi connectivity index (χ3v) is 3.65. The normalized spacial score (nSPS) is 10.5. The molecule has 0 fully saturated rings. The van der Waals surface area contributed by atoms with Crippen molar-refractivity contribution in [1.82, 2.24) is 15.0 Å². The Hall–Kier alpha value is -1.25. The number of nitrogens with zero attached hydrogens (tertiary/aromatic N) is 3. The first-order valence-electron chi connectivity index (χ1n) is 5.43. The van der Waals surface area contributed by atoms with E-state index in [-0.39, 0.29) is 12.5 Å². The van der Waals surface area contributed by atoms with Gasteiger partial charge in [-0.15, -0.1) is 5.10 Å². The van der Waals surface area contributed by atoms with Crippen LogP contribution in [-0.2, 0) is 17.9 Å². The molecule has 3 N–H and O–H groups in total. The van der Waals surface area contributed by atoms with E-state index in [0.29, 0.717) is 17.9 Å². The summed E-state index contributed by atoms with van der Waals surface area (Å²) in [7, 11) is 0. The summed E-state index contributed by atoms with van der Waals surface area (Å²) in [5, 5.41) is 10.4. The second-order valence-corrected chi connectivity index (χ2v) is 5.47. The lowest BCUT2D eigenvalue weighted by atomic mass is 10.3. The molecule has 0 saturated heterocycles. The number of benzene rings is 1. The van der Waals surface area contributed by atoms with Gasteiger partial charge in [0.05, 0.1) is 17.6 Å². The summed E-state index contributed by atoms with van der Waals surface area (Å²) in [4.78, 5) is 11.9. The number of rotatable bonds is 4. The van der Waals surface area contributed by atoms with Gasteiger partial charge in [-0.2, -0.15) is 0 Å². The fourth-order valence-corrected chi connectivity index (χ4v) is 2.65. The fourth-order valence-electron chi connectivity index (χ4n) is 1.45. The quantitative estimate of drug-likeness (QED) is 0.837. The van der Waals surface area contributed by atoms with Crippen molar-refractivity contribution in [1.29, 1.82) is 0 Å². The van der Waals surface area contributed by atoms with Crippen molar-refractivity contribution in [2.75, 3.05) is 5.32 Å². The molecule has 2 rings (SSSR count). The lowest BCUT2D eigenvalue weighted by molar-refractivity contribution is -0.116. The van der Waals surface area contributed by atoms with E-state index in [1.54, 1.807) is 6.20 Å². The van der Waals surface area contributed by atoms with Crippen LogP contribution in [0.1, 0.15) is 5.69 Å². The smallest absolute Gasteiger partial charge is 0.246 e. The predicted molar refractivity (Wildman–Crippen MR) is 78.4 cm³/mol. The summed E-state index contributed by atoms with van der Waals surface area (Å²) in [6, 6.07) is 5.57. The van der Waals surface area contributed by atoms with Gasteiger partial charge < -0.3 is 11.1 Å². The zero-order valence-corrected chi connectivity index (χ0v) is 13.0. The molecule has 1 aromatic heterocycles. The van der Waals surface area contributed by atoms with Crippen molar-refractivity contribution < 1.29 is 4.79 Å². The molecule has 0 unspecified atom stereocenters. The van der Waals surface area contributed by atoms with E-state index in [9.17, 15) is 4.79 Å². The molecular formula is C11H11Br2N5O. The van der Waals surface area contributed by atoms with Crippen molar-refractivity contribution in [3.8, 4) is 0 Å². The van der Waals surface area contributed by atoms with Crippen molar-refractivity contribution in [3.05, 3.63) is 39.0 Å². The molecule has 0 aliphatic heterocycles. The summed E-state index contributed by atoms with van der Waals surface area (Å²) in [5.74, 6) is -0.193. The van der Waals surface area contributed by atoms with Gasteiger partial charge in [0.2, 0.25) is 5.91 Å². The Bertz CT molecular complexity index is 578. The molecule has 0 spiro atoms. The third kappa shape index (κ3) is 3.62. The van der Waals surface area contributed by atoms with Crippen LogP contribution < -0.4 is 11.1 Å². The van der Waals surface area contributed by atoms with Crippen LogP contribution in [0.25, 0.3) is 0 Å². The van der Waals surface area contributed by atoms with Crippen LogP contribution in [0.3, 0.4) is 0 Å². The molecule has 0 atom stereocenters. The molecule has 1 amide bonds. The first-order chi connectivity index (χ1) is 9.10. The molecular weight excluding hydrogens is 378 g/mol. The Kier molecular flexibility index (Phi) is 4.67. The zero-order valence-electron chi connectivity index (χ0n) is 9.81. The van der Waals surface area contributed by atoms with Crippen molar-refractivity contribution in [3.63, 3.8) is 0 Å². The number of hydrogen-bond acceptors (Lipinski definition) is 4. The van der Waals surface area contributed by atoms with E-state index >= 15 is 0 Å². The molecule has 8 heteroatoms. The summed E-state index contributed by atoms with van der Waals surface area (Å²) in [6.07, 6.45) is 1.65. The highest BCUT2D eigenvalue weighted by Gasteiger charge is 2.10. The Morgan fingerprint density at radius 2 is 2.05 bits per heavy atom. The number of aromatic nitrogens is 3. The highest BCUT2D eigenvalue weighted by Crippen LogP contribution is 2.30. The molecule has 1 aromatic carbocycles. The summed E-state index contributed by atoms with van der Waals surface area (Å²) < 4.78 is 3.05. The molecule has 0 aliphatic carbocycles. The number of carbonyl (C=O) groups excluding carboxylic acids is 1. The fraction of sp³-hybridized carbons (Fsp3) is 0.182. The van der Waals surface area contributed by atoms with E-state index in [1.165, 1.54) is 4.68 Å². The van der Waals surface area contributed by atoms with Crippen LogP contribution in [0, 0.1) is 0 Å². The maximum absolute atomic E-state index is 11.9. The van der Waals surface area contributed by atoms with Gasteiger partial charge in [-0.1, -0.05) is 11.3 Å². The first kappa shape index (κ1) is 14.2.